The van der Waals surface area contributed by atoms with E-state index in [0.717, 1.165) is 5.56 Å². The van der Waals surface area contributed by atoms with Gasteiger partial charge in [-0.3, -0.25) is 24.0 Å². The zero-order valence-electron chi connectivity index (χ0n) is 22.5. The molecule has 2 atom stereocenters. The molecule has 2 aromatic carbocycles. The van der Waals surface area contributed by atoms with Gasteiger partial charge < -0.3 is 14.8 Å². The highest BCUT2D eigenvalue weighted by Crippen LogP contribution is 2.31. The zero-order valence-corrected chi connectivity index (χ0v) is 23.3. The first-order valence-electron chi connectivity index (χ1n) is 12.5. The van der Waals surface area contributed by atoms with Gasteiger partial charge in [0.05, 0.1) is 21.7 Å². The molecule has 1 aliphatic heterocycles. The molecular formula is C28H33ClFN5O3. The third-order valence-corrected chi connectivity index (χ3v) is 7.37. The Kier molecular flexibility index (Phi) is 7.80. The molecule has 0 N–H and O–H groups in total. The lowest BCUT2D eigenvalue weighted by Gasteiger charge is -2.44. The predicted molar refractivity (Wildman–Crippen MR) is 147 cm³/mol. The molecule has 0 radical (unpaired) electrons. The summed E-state index contributed by atoms with van der Waals surface area (Å²) in [5.74, 6) is -1.80. The van der Waals surface area contributed by atoms with Crippen LogP contribution >= 0.6 is 11.6 Å². The second kappa shape index (κ2) is 10.7. The van der Waals surface area contributed by atoms with Gasteiger partial charge in [0, 0.05) is 71.5 Å². The SMILES string of the molecule is C[C@@H]1CN(Cc2ccc(F)cc2)[C@@H](C)CN1C(=O)c1cc2c(C(=O)C(=O)N(C)C)cn(N(C)C)c2cc1Cl. The van der Waals surface area contributed by atoms with Gasteiger partial charge in [0.15, 0.2) is 0 Å². The van der Waals surface area contributed by atoms with E-state index in [2.05, 4.69) is 11.8 Å². The second-order valence-corrected chi connectivity index (χ2v) is 10.7. The summed E-state index contributed by atoms with van der Waals surface area (Å²) in [5.41, 5.74) is 2.13. The Morgan fingerprint density at radius 3 is 2.24 bits per heavy atom. The number of aromatic nitrogens is 1. The number of carbonyl (C=O) groups excluding carboxylic acids is 3. The van der Waals surface area contributed by atoms with Gasteiger partial charge in [-0.2, -0.15) is 0 Å². The Morgan fingerprint density at radius 1 is 0.974 bits per heavy atom. The minimum Gasteiger partial charge on any atom is -0.342 e. The normalized spacial score (nSPS) is 18.1. The molecule has 1 aromatic heterocycles. The van der Waals surface area contributed by atoms with E-state index < -0.39 is 11.7 Å². The fraction of sp³-hybridized carbons (Fsp3) is 0.393. The van der Waals surface area contributed by atoms with Crippen molar-refractivity contribution in [1.29, 1.82) is 0 Å². The molecule has 1 aliphatic rings. The topological polar surface area (TPSA) is 69.1 Å². The molecule has 4 rings (SSSR count). The lowest BCUT2D eigenvalue weighted by Crippen LogP contribution is -2.57. The molecule has 1 fully saturated rings. The van der Waals surface area contributed by atoms with E-state index in [1.54, 1.807) is 45.0 Å². The molecule has 38 heavy (non-hydrogen) atoms. The van der Waals surface area contributed by atoms with Gasteiger partial charge in [0.2, 0.25) is 0 Å². The van der Waals surface area contributed by atoms with Crippen LogP contribution in [-0.2, 0) is 11.3 Å². The van der Waals surface area contributed by atoms with Crippen molar-refractivity contribution in [1.82, 2.24) is 19.4 Å². The summed E-state index contributed by atoms with van der Waals surface area (Å²) < 4.78 is 15.0. The largest absolute Gasteiger partial charge is 0.342 e. The minimum absolute atomic E-state index is 0.0624. The van der Waals surface area contributed by atoms with Gasteiger partial charge in [-0.1, -0.05) is 23.7 Å². The number of hydrogen-bond donors (Lipinski definition) is 0. The van der Waals surface area contributed by atoms with Gasteiger partial charge in [0.25, 0.3) is 17.6 Å². The van der Waals surface area contributed by atoms with E-state index in [1.165, 1.54) is 31.1 Å². The molecule has 3 aromatic rings. The number of amides is 2. The van der Waals surface area contributed by atoms with Crippen LogP contribution in [0.1, 0.15) is 40.1 Å². The summed E-state index contributed by atoms with van der Waals surface area (Å²) in [6, 6.07) is 9.71. The van der Waals surface area contributed by atoms with Crippen molar-refractivity contribution in [2.75, 3.05) is 46.3 Å². The van der Waals surface area contributed by atoms with Crippen LogP contribution in [-0.4, -0.2) is 90.3 Å². The smallest absolute Gasteiger partial charge is 0.294 e. The summed E-state index contributed by atoms with van der Waals surface area (Å²) in [7, 11) is 6.66. The molecule has 1 saturated heterocycles. The Morgan fingerprint density at radius 2 is 1.63 bits per heavy atom. The first-order chi connectivity index (χ1) is 17.9. The standard InChI is InChI=1S/C28H33ClFN5O3/c1-17-14-34(18(2)13-33(17)15-19-7-9-20(30)10-8-19)27(37)22-11-21-23(26(36)28(38)31(3)4)16-35(32(5)6)25(21)12-24(22)29/h7-12,16-18H,13-15H2,1-6H3/t17-,18+/m0/s1. The molecule has 8 nitrogen and oxygen atoms in total. The first-order valence-corrected chi connectivity index (χ1v) is 12.8. The maximum Gasteiger partial charge on any atom is 0.294 e. The fourth-order valence-electron chi connectivity index (χ4n) is 4.90. The van der Waals surface area contributed by atoms with Crippen LogP contribution in [0.4, 0.5) is 4.39 Å². The lowest BCUT2D eigenvalue weighted by molar-refractivity contribution is -0.124. The Hall–Kier alpha value is -3.43. The molecule has 2 heterocycles. The Balaban J connectivity index is 1.65. The molecule has 0 bridgehead atoms. The Bertz CT molecular complexity index is 1390. The molecule has 0 aliphatic carbocycles. The number of likely N-dealkylation sites (N-methyl/N-ethyl adjacent to an activating group) is 1. The van der Waals surface area contributed by atoms with E-state index in [0.29, 0.717) is 30.5 Å². The molecule has 0 saturated carbocycles. The third-order valence-electron chi connectivity index (χ3n) is 7.05. The summed E-state index contributed by atoms with van der Waals surface area (Å²) in [6.07, 6.45) is 1.60. The number of rotatable bonds is 6. The average Bonchev–Trinajstić information content (AvgIpc) is 3.24. The molecule has 2 amide bonds. The predicted octanol–water partition coefficient (Wildman–Crippen LogP) is 3.64. The number of hydrogen-bond acceptors (Lipinski definition) is 5. The molecule has 0 spiro atoms. The van der Waals surface area contributed by atoms with Crippen molar-refractivity contribution in [2.45, 2.75) is 32.5 Å². The summed E-state index contributed by atoms with van der Waals surface area (Å²) >= 11 is 6.65. The van der Waals surface area contributed by atoms with E-state index in [1.807, 2.05) is 21.0 Å². The molecule has 202 valence electrons. The maximum atomic E-state index is 13.8. The van der Waals surface area contributed by atoms with Crippen molar-refractivity contribution in [3.05, 3.63) is 70.1 Å². The number of Topliss-reactive ketones (excluding diaryl/α,β-unsaturated/α-hetero) is 1. The van der Waals surface area contributed by atoms with E-state index in [-0.39, 0.29) is 40.0 Å². The zero-order chi connectivity index (χ0) is 27.9. The van der Waals surface area contributed by atoms with Crippen LogP contribution < -0.4 is 5.01 Å². The minimum atomic E-state index is -0.655. The fourth-order valence-corrected chi connectivity index (χ4v) is 5.14. The summed E-state index contributed by atoms with van der Waals surface area (Å²) in [6.45, 7) is 5.83. The third kappa shape index (κ3) is 5.26. The van der Waals surface area contributed by atoms with Gasteiger partial charge >= 0.3 is 0 Å². The number of ketones is 1. The van der Waals surface area contributed by atoms with Gasteiger partial charge in [0.1, 0.15) is 5.82 Å². The van der Waals surface area contributed by atoms with Gasteiger partial charge in [-0.25, -0.2) is 4.39 Å². The number of fused-ring (bicyclic) bond motifs is 1. The van der Waals surface area contributed by atoms with E-state index in [9.17, 15) is 18.8 Å². The van der Waals surface area contributed by atoms with Crippen LogP contribution in [0.2, 0.25) is 5.02 Å². The van der Waals surface area contributed by atoms with Crippen LogP contribution in [0.15, 0.2) is 42.6 Å². The number of halogens is 2. The second-order valence-electron chi connectivity index (χ2n) is 10.3. The van der Waals surface area contributed by atoms with Crippen LogP contribution in [0, 0.1) is 5.82 Å². The number of carbonyl (C=O) groups is 3. The first kappa shape index (κ1) is 27.6. The highest BCUT2D eigenvalue weighted by molar-refractivity contribution is 6.45. The van der Waals surface area contributed by atoms with Crippen molar-refractivity contribution in [3.8, 4) is 0 Å². The van der Waals surface area contributed by atoms with E-state index in [4.69, 9.17) is 11.6 Å². The van der Waals surface area contributed by atoms with Gasteiger partial charge in [-0.05, 0) is 43.7 Å². The maximum absolute atomic E-state index is 13.8. The Labute approximate surface area is 227 Å². The molecule has 0 unspecified atom stereocenters. The van der Waals surface area contributed by atoms with Crippen molar-refractivity contribution >= 4 is 40.1 Å². The van der Waals surface area contributed by atoms with E-state index >= 15 is 0 Å². The monoisotopic (exact) mass is 541 g/mol. The molecular weight excluding hydrogens is 509 g/mol. The van der Waals surface area contributed by atoms with Gasteiger partial charge in [-0.15, -0.1) is 0 Å². The molecule has 10 heteroatoms. The highest BCUT2D eigenvalue weighted by Gasteiger charge is 2.34. The summed E-state index contributed by atoms with van der Waals surface area (Å²) in [5, 5.41) is 2.53. The van der Waals surface area contributed by atoms with Crippen LogP contribution in [0.3, 0.4) is 0 Å². The summed E-state index contributed by atoms with van der Waals surface area (Å²) in [4.78, 5) is 44.6. The van der Waals surface area contributed by atoms with Crippen molar-refractivity contribution in [3.63, 3.8) is 0 Å². The van der Waals surface area contributed by atoms with Crippen LogP contribution in [0.5, 0.6) is 0 Å². The van der Waals surface area contributed by atoms with Crippen molar-refractivity contribution in [2.24, 2.45) is 0 Å². The lowest BCUT2D eigenvalue weighted by atomic mass is 10.0. The van der Waals surface area contributed by atoms with Crippen LogP contribution in [0.25, 0.3) is 10.9 Å². The average molecular weight is 542 g/mol. The number of nitrogens with zero attached hydrogens (tertiary/aromatic N) is 5. The highest BCUT2D eigenvalue weighted by atomic mass is 35.5. The quantitative estimate of drug-likeness (QED) is 0.352. The number of piperazine rings is 1. The number of benzene rings is 2. The van der Waals surface area contributed by atoms with Crippen molar-refractivity contribution < 1.29 is 18.8 Å².